The predicted molar refractivity (Wildman–Crippen MR) is 232 cm³/mol. The smallest absolute Gasteiger partial charge is 0.164 e. The summed E-state index contributed by atoms with van der Waals surface area (Å²) in [6, 6.07) is 65.5. The molecule has 6 nitrogen and oxygen atoms in total. The molecule has 0 N–H and O–H groups in total. The molecule has 0 amide bonds. The molecule has 0 spiro atoms. The van der Waals surface area contributed by atoms with Gasteiger partial charge in [0.05, 0.1) is 22.1 Å². The Morgan fingerprint density at radius 1 is 0.333 bits per heavy atom. The third-order valence-electron chi connectivity index (χ3n) is 11.1. The lowest BCUT2D eigenvalue weighted by atomic mass is 10.0. The van der Waals surface area contributed by atoms with E-state index in [1.807, 2.05) is 66.7 Å². The average Bonchev–Trinajstić information content (AvgIpc) is 3.95. The van der Waals surface area contributed by atoms with E-state index in [1.54, 1.807) is 0 Å². The molecule has 0 unspecified atom stereocenters. The summed E-state index contributed by atoms with van der Waals surface area (Å²) >= 11 is 0. The maximum atomic E-state index is 6.49. The third kappa shape index (κ3) is 4.81. The number of hydrogen-bond acceptors (Lipinski definition) is 4. The van der Waals surface area contributed by atoms with E-state index >= 15 is 0 Å². The van der Waals surface area contributed by atoms with Crippen LogP contribution in [0.2, 0.25) is 0 Å². The molecule has 4 heterocycles. The SMILES string of the molecule is c1ccc(-c2nc(-c3ccccc3)nc(-c3cccc(-n4c5ccc6oc7ccccc7c6c5c5ccc6c7ccccc7n(-c7ccccc7)c6c54)c3)n2)cc1. The van der Waals surface area contributed by atoms with Gasteiger partial charge in [-0.1, -0.05) is 140 Å². The van der Waals surface area contributed by atoms with E-state index in [9.17, 15) is 0 Å². The molecule has 12 aromatic rings. The molecule has 0 saturated heterocycles. The van der Waals surface area contributed by atoms with Crippen LogP contribution < -0.4 is 0 Å². The van der Waals surface area contributed by atoms with Crippen LogP contribution in [-0.2, 0) is 0 Å². The summed E-state index contributed by atoms with van der Waals surface area (Å²) in [6.45, 7) is 0. The lowest BCUT2D eigenvalue weighted by Crippen LogP contribution is -2.01. The number of rotatable bonds is 5. The van der Waals surface area contributed by atoms with Crippen LogP contribution in [0, 0.1) is 0 Å². The van der Waals surface area contributed by atoms with Crippen molar-refractivity contribution in [3.8, 4) is 45.5 Å². The van der Waals surface area contributed by atoms with Crippen molar-refractivity contribution >= 4 is 65.6 Å². The van der Waals surface area contributed by atoms with Crippen LogP contribution in [0.25, 0.3) is 111 Å². The molecule has 12 rings (SSSR count). The Hall–Kier alpha value is -7.83. The minimum absolute atomic E-state index is 0.608. The van der Waals surface area contributed by atoms with Gasteiger partial charge in [0.15, 0.2) is 17.5 Å². The lowest BCUT2D eigenvalue weighted by Gasteiger charge is -2.14. The van der Waals surface area contributed by atoms with Crippen molar-refractivity contribution in [2.24, 2.45) is 0 Å². The fraction of sp³-hybridized carbons (Fsp3) is 0. The zero-order valence-electron chi connectivity index (χ0n) is 30.5. The van der Waals surface area contributed by atoms with E-state index in [0.29, 0.717) is 17.5 Å². The van der Waals surface area contributed by atoms with Crippen LogP contribution >= 0.6 is 0 Å². The number of benzene rings is 8. The van der Waals surface area contributed by atoms with Gasteiger partial charge in [-0.15, -0.1) is 0 Å². The first kappa shape index (κ1) is 31.5. The highest BCUT2D eigenvalue weighted by molar-refractivity contribution is 6.31. The van der Waals surface area contributed by atoms with Crippen molar-refractivity contribution < 1.29 is 4.42 Å². The summed E-state index contributed by atoms with van der Waals surface area (Å²) in [6.07, 6.45) is 0. The van der Waals surface area contributed by atoms with Gasteiger partial charge in [0.2, 0.25) is 0 Å². The summed E-state index contributed by atoms with van der Waals surface area (Å²) in [5, 5.41) is 6.91. The van der Waals surface area contributed by atoms with E-state index < -0.39 is 0 Å². The highest BCUT2D eigenvalue weighted by Gasteiger charge is 2.24. The van der Waals surface area contributed by atoms with Crippen LogP contribution in [0.4, 0.5) is 0 Å². The van der Waals surface area contributed by atoms with Crippen molar-refractivity contribution in [2.45, 2.75) is 0 Å². The zero-order valence-corrected chi connectivity index (χ0v) is 30.5. The zero-order chi connectivity index (χ0) is 37.5. The average molecular weight is 730 g/mol. The van der Waals surface area contributed by atoms with E-state index in [0.717, 1.165) is 82.8 Å². The molecule has 266 valence electrons. The molecule has 0 bridgehead atoms. The molecule has 0 radical (unpaired) electrons. The molecule has 0 aliphatic carbocycles. The Morgan fingerprint density at radius 3 is 1.61 bits per heavy atom. The fourth-order valence-corrected chi connectivity index (χ4v) is 8.69. The molecule has 0 aliphatic rings. The fourth-order valence-electron chi connectivity index (χ4n) is 8.69. The van der Waals surface area contributed by atoms with Gasteiger partial charge in [-0.2, -0.15) is 0 Å². The van der Waals surface area contributed by atoms with Crippen LogP contribution in [0.5, 0.6) is 0 Å². The van der Waals surface area contributed by atoms with Crippen LogP contribution in [0.1, 0.15) is 0 Å². The van der Waals surface area contributed by atoms with Gasteiger partial charge in [-0.05, 0) is 48.5 Å². The van der Waals surface area contributed by atoms with Gasteiger partial charge in [0.25, 0.3) is 0 Å². The molecular formula is C51H31N5O. The van der Waals surface area contributed by atoms with Gasteiger partial charge in [-0.3, -0.25) is 0 Å². The predicted octanol–water partition coefficient (Wildman–Crippen LogP) is 13.0. The molecule has 0 aliphatic heterocycles. The van der Waals surface area contributed by atoms with Gasteiger partial charge in [0, 0.05) is 60.4 Å². The van der Waals surface area contributed by atoms with Gasteiger partial charge < -0.3 is 13.6 Å². The summed E-state index contributed by atoms with van der Waals surface area (Å²) in [5.74, 6) is 1.87. The Kier molecular flexibility index (Phi) is 6.83. The van der Waals surface area contributed by atoms with Crippen molar-refractivity contribution in [1.82, 2.24) is 24.1 Å². The number of fused-ring (bicyclic) bond motifs is 11. The van der Waals surface area contributed by atoms with Gasteiger partial charge in [-0.25, -0.2) is 15.0 Å². The van der Waals surface area contributed by atoms with E-state index in [1.165, 1.54) is 10.8 Å². The minimum Gasteiger partial charge on any atom is -0.456 e. The Bertz CT molecular complexity index is 3450. The quantitative estimate of drug-likeness (QED) is 0.177. The van der Waals surface area contributed by atoms with Crippen molar-refractivity contribution in [3.05, 3.63) is 188 Å². The van der Waals surface area contributed by atoms with E-state index in [2.05, 4.69) is 130 Å². The topological polar surface area (TPSA) is 61.7 Å². The molecule has 6 heteroatoms. The monoisotopic (exact) mass is 729 g/mol. The Balaban J connectivity index is 1.20. The summed E-state index contributed by atoms with van der Waals surface area (Å²) in [7, 11) is 0. The van der Waals surface area contributed by atoms with Crippen molar-refractivity contribution in [1.29, 1.82) is 0 Å². The maximum absolute atomic E-state index is 6.49. The maximum Gasteiger partial charge on any atom is 0.164 e. The number of para-hydroxylation sites is 3. The summed E-state index contributed by atoms with van der Waals surface area (Å²) in [4.78, 5) is 15.2. The molecule has 4 aromatic heterocycles. The lowest BCUT2D eigenvalue weighted by molar-refractivity contribution is 0.669. The molecule has 0 atom stereocenters. The van der Waals surface area contributed by atoms with Crippen LogP contribution in [0.3, 0.4) is 0 Å². The first-order valence-electron chi connectivity index (χ1n) is 19.1. The summed E-state index contributed by atoms with van der Waals surface area (Å²) in [5.41, 5.74) is 11.1. The van der Waals surface area contributed by atoms with E-state index in [4.69, 9.17) is 19.4 Å². The van der Waals surface area contributed by atoms with Gasteiger partial charge >= 0.3 is 0 Å². The second-order valence-electron chi connectivity index (χ2n) is 14.4. The minimum atomic E-state index is 0.608. The highest BCUT2D eigenvalue weighted by atomic mass is 16.3. The molecule has 8 aromatic carbocycles. The molecule has 57 heavy (non-hydrogen) atoms. The van der Waals surface area contributed by atoms with Crippen LogP contribution in [-0.4, -0.2) is 24.1 Å². The summed E-state index contributed by atoms with van der Waals surface area (Å²) < 4.78 is 11.3. The van der Waals surface area contributed by atoms with Gasteiger partial charge in [0.1, 0.15) is 11.2 Å². The second-order valence-corrected chi connectivity index (χ2v) is 14.4. The van der Waals surface area contributed by atoms with Crippen LogP contribution in [0.15, 0.2) is 192 Å². The normalized spacial score (nSPS) is 11.9. The molecular weight excluding hydrogens is 699 g/mol. The molecule has 0 saturated carbocycles. The molecule has 0 fully saturated rings. The number of nitrogens with zero attached hydrogens (tertiary/aromatic N) is 5. The van der Waals surface area contributed by atoms with Crippen molar-refractivity contribution in [3.63, 3.8) is 0 Å². The Labute approximate surface area is 326 Å². The number of hydrogen-bond donors (Lipinski definition) is 0. The third-order valence-corrected chi connectivity index (χ3v) is 11.1. The number of furan rings is 1. The van der Waals surface area contributed by atoms with E-state index in [-0.39, 0.29) is 0 Å². The largest absolute Gasteiger partial charge is 0.456 e. The standard InChI is InChI=1S/C51H31N5O/c1-4-15-32(16-5-1)49-52-50(33-17-6-2-7-18-33)54-51(53-49)34-19-14-22-36(31-34)56-42-29-30-44-46(39-24-11-13-26-43(39)57-44)45(42)40-28-27-38-37-23-10-12-25-41(37)55(47(38)48(40)56)35-20-8-3-9-21-35/h1-31H. The first-order chi connectivity index (χ1) is 28.3. The Morgan fingerprint density at radius 2 is 0.877 bits per heavy atom. The highest BCUT2D eigenvalue weighted by Crippen LogP contribution is 2.45. The second kappa shape index (κ2) is 12.3. The van der Waals surface area contributed by atoms with Crippen molar-refractivity contribution in [2.75, 3.05) is 0 Å². The first-order valence-corrected chi connectivity index (χ1v) is 19.1. The number of aromatic nitrogens is 5.